The summed E-state index contributed by atoms with van der Waals surface area (Å²) in [6.45, 7) is 11.5. The first-order valence-electron chi connectivity index (χ1n) is 12.1. The molecule has 0 N–H and O–H groups in total. The first-order chi connectivity index (χ1) is 20.3. The smallest absolute Gasteiger partial charge is 0.350 e. The number of aliphatic imine (C=N–C) groups is 2. The van der Waals surface area contributed by atoms with Crippen LogP contribution in [0.4, 0.5) is 10.0 Å². The minimum absolute atomic E-state index is 0.191. The second kappa shape index (κ2) is 10.5. The SMILES string of the molecule is [C-]#[N+]C(C#N)=Nc1cc(OC)c(-c2cc3sc4c5c(sc4c3s2)C=C(c2sc(N=C(C#N)C#N)cc2OC)C5(C)C)s1. The molecule has 0 spiro atoms. The van der Waals surface area contributed by atoms with Gasteiger partial charge in [0, 0.05) is 27.1 Å². The number of hydrogen-bond donors (Lipinski definition) is 0. The van der Waals surface area contributed by atoms with Crippen LogP contribution in [0.5, 0.6) is 11.5 Å². The predicted octanol–water partition coefficient (Wildman–Crippen LogP) is 9.41. The Morgan fingerprint density at radius 1 is 0.833 bits per heavy atom. The fraction of sp³-hybridized carbons (Fsp3) is 0.172. The molecule has 0 fully saturated rings. The fourth-order valence-corrected chi connectivity index (χ4v) is 11.7. The molecule has 8 nitrogen and oxygen atoms in total. The van der Waals surface area contributed by atoms with Crippen LogP contribution in [0, 0.1) is 40.6 Å². The molecular formula is C29H16N6O2S5. The van der Waals surface area contributed by atoms with Gasteiger partial charge in [0.05, 0.1) is 43.0 Å². The summed E-state index contributed by atoms with van der Waals surface area (Å²) in [7, 11) is 3.22. The van der Waals surface area contributed by atoms with Crippen LogP contribution < -0.4 is 9.47 Å². The molecular weight excluding hydrogens is 625 g/mol. The fourth-order valence-electron chi connectivity index (χ4n) is 4.86. The molecule has 0 aromatic carbocycles. The molecule has 5 heterocycles. The summed E-state index contributed by atoms with van der Waals surface area (Å²) < 4.78 is 16.2. The van der Waals surface area contributed by atoms with Gasteiger partial charge in [0.25, 0.3) is 0 Å². The Hall–Kier alpha value is -4.34. The third-order valence-corrected chi connectivity index (χ3v) is 12.8. The van der Waals surface area contributed by atoms with E-state index in [9.17, 15) is 0 Å². The van der Waals surface area contributed by atoms with E-state index in [0.717, 1.165) is 20.2 Å². The lowest BCUT2D eigenvalue weighted by Gasteiger charge is -2.24. The zero-order valence-electron chi connectivity index (χ0n) is 22.4. The van der Waals surface area contributed by atoms with Gasteiger partial charge in [-0.15, -0.1) is 45.3 Å². The van der Waals surface area contributed by atoms with Crippen LogP contribution in [0.25, 0.3) is 45.0 Å². The van der Waals surface area contributed by atoms with Crippen LogP contribution in [0.3, 0.4) is 0 Å². The second-order valence-corrected chi connectivity index (χ2v) is 14.6. The monoisotopic (exact) mass is 640 g/mol. The van der Waals surface area contributed by atoms with Gasteiger partial charge in [-0.1, -0.05) is 36.7 Å². The van der Waals surface area contributed by atoms with Crippen LogP contribution in [0.1, 0.15) is 29.2 Å². The van der Waals surface area contributed by atoms with Crippen LogP contribution in [-0.4, -0.2) is 25.8 Å². The van der Waals surface area contributed by atoms with Gasteiger partial charge < -0.3 is 14.3 Å². The van der Waals surface area contributed by atoms with Crippen molar-refractivity contribution >= 4 is 109 Å². The number of ether oxygens (including phenoxy) is 2. The Kier molecular flexibility index (Phi) is 6.95. The van der Waals surface area contributed by atoms with E-state index in [1.165, 1.54) is 51.9 Å². The van der Waals surface area contributed by atoms with Gasteiger partial charge >= 0.3 is 5.84 Å². The number of hydrogen-bond acceptors (Lipinski definition) is 12. The Bertz CT molecular complexity index is 2170. The molecule has 0 atom stereocenters. The van der Waals surface area contributed by atoms with Crippen molar-refractivity contribution in [2.24, 2.45) is 9.98 Å². The standard InChI is InChI=1S/C29H16N6O2S5/c1-29(2)14(24-15(36-4)7-21(41-24)34-13(10-30)11-31)6-17-23(29)27-28(38-17)26-19(40-27)9-18(39-26)25-16(37-5)8-22(42-25)35-20(12-32)33-3/h6-9H,1-2,4-5H3. The van der Waals surface area contributed by atoms with E-state index in [0.29, 0.717) is 21.5 Å². The lowest BCUT2D eigenvalue weighted by molar-refractivity contribution is 0.415. The number of thiophene rings is 5. The average Bonchev–Trinajstić information content (AvgIpc) is 3.80. The van der Waals surface area contributed by atoms with E-state index in [-0.39, 0.29) is 17.0 Å². The molecule has 204 valence electrons. The van der Waals surface area contributed by atoms with E-state index in [4.69, 9.17) is 31.8 Å². The Morgan fingerprint density at radius 2 is 1.50 bits per heavy atom. The quantitative estimate of drug-likeness (QED) is 0.104. The molecule has 0 bridgehead atoms. The highest BCUT2D eigenvalue weighted by molar-refractivity contribution is 7.40. The van der Waals surface area contributed by atoms with Gasteiger partial charge in [-0.2, -0.15) is 10.5 Å². The van der Waals surface area contributed by atoms with E-state index in [2.05, 4.69) is 40.8 Å². The largest absolute Gasteiger partial charge is 0.495 e. The molecule has 0 radical (unpaired) electrons. The summed E-state index contributed by atoms with van der Waals surface area (Å²) in [5.74, 6) is 1.13. The third kappa shape index (κ3) is 4.31. The van der Waals surface area contributed by atoms with Crippen LogP contribution in [-0.2, 0) is 5.41 Å². The number of nitriles is 3. The molecule has 5 aromatic heterocycles. The lowest BCUT2D eigenvalue weighted by Crippen LogP contribution is -2.15. The second-order valence-electron chi connectivity index (χ2n) is 9.40. The van der Waals surface area contributed by atoms with E-state index in [1.54, 1.807) is 60.4 Å². The molecule has 6 rings (SSSR count). The van der Waals surface area contributed by atoms with Gasteiger partial charge in [-0.3, -0.25) is 0 Å². The van der Waals surface area contributed by atoms with Crippen molar-refractivity contribution in [1.82, 2.24) is 0 Å². The number of methoxy groups -OCH3 is 2. The zero-order chi connectivity index (χ0) is 29.8. The van der Waals surface area contributed by atoms with Crippen LogP contribution >= 0.6 is 56.7 Å². The predicted molar refractivity (Wildman–Crippen MR) is 174 cm³/mol. The van der Waals surface area contributed by atoms with Crippen molar-refractivity contribution in [1.29, 1.82) is 15.8 Å². The molecule has 1 aliphatic rings. The molecule has 1 aliphatic carbocycles. The first kappa shape index (κ1) is 27.8. The normalized spacial score (nSPS) is 13.6. The van der Waals surface area contributed by atoms with Crippen molar-refractivity contribution in [3.63, 3.8) is 0 Å². The molecule has 13 heteroatoms. The Morgan fingerprint density at radius 3 is 2.14 bits per heavy atom. The Balaban J connectivity index is 1.43. The molecule has 5 aromatic rings. The minimum Gasteiger partial charge on any atom is -0.495 e. The summed E-state index contributed by atoms with van der Waals surface area (Å²) in [6, 6.07) is 11.2. The van der Waals surface area contributed by atoms with Crippen molar-refractivity contribution < 1.29 is 9.47 Å². The van der Waals surface area contributed by atoms with Gasteiger partial charge in [0.1, 0.15) is 34.7 Å². The van der Waals surface area contributed by atoms with Gasteiger partial charge in [0.15, 0.2) is 0 Å². The topological polar surface area (TPSA) is 119 Å². The molecule has 42 heavy (non-hydrogen) atoms. The van der Waals surface area contributed by atoms with Gasteiger partial charge in [-0.05, 0) is 23.3 Å². The van der Waals surface area contributed by atoms with Gasteiger partial charge in [-0.25, -0.2) is 10.3 Å². The summed E-state index contributed by atoms with van der Waals surface area (Å²) >= 11 is 8.07. The molecule has 0 saturated carbocycles. The molecule has 0 aliphatic heterocycles. The number of amidine groups is 1. The van der Waals surface area contributed by atoms with Crippen molar-refractivity contribution in [3.8, 4) is 39.5 Å². The van der Waals surface area contributed by atoms with Crippen molar-refractivity contribution in [3.05, 3.63) is 44.9 Å². The maximum absolute atomic E-state index is 9.14. The number of rotatable bonds is 6. The van der Waals surface area contributed by atoms with Crippen LogP contribution in [0.15, 0.2) is 28.2 Å². The number of nitrogens with zero attached hydrogens (tertiary/aromatic N) is 6. The maximum Gasteiger partial charge on any atom is 0.350 e. The highest BCUT2D eigenvalue weighted by Gasteiger charge is 2.40. The first-order valence-corrected chi connectivity index (χ1v) is 16.2. The lowest BCUT2D eigenvalue weighted by atomic mass is 9.81. The summed E-state index contributed by atoms with van der Waals surface area (Å²) in [4.78, 5) is 15.6. The molecule has 0 unspecified atom stereocenters. The number of allylic oxidation sites excluding steroid dienone is 1. The third-order valence-electron chi connectivity index (χ3n) is 6.72. The molecule has 0 amide bonds. The number of fused-ring (bicyclic) bond motifs is 5. The highest BCUT2D eigenvalue weighted by atomic mass is 32.1. The average molecular weight is 641 g/mol. The minimum atomic E-state index is -0.305. The van der Waals surface area contributed by atoms with E-state index >= 15 is 0 Å². The van der Waals surface area contributed by atoms with Crippen molar-refractivity contribution in [2.75, 3.05) is 14.2 Å². The van der Waals surface area contributed by atoms with Crippen LogP contribution in [0.2, 0.25) is 0 Å². The summed E-state index contributed by atoms with van der Waals surface area (Å²) in [6.07, 6.45) is 2.22. The highest BCUT2D eigenvalue weighted by Crippen LogP contribution is 2.60. The van der Waals surface area contributed by atoms with Crippen molar-refractivity contribution in [2.45, 2.75) is 19.3 Å². The van der Waals surface area contributed by atoms with E-state index in [1.807, 2.05) is 18.2 Å². The summed E-state index contributed by atoms with van der Waals surface area (Å²) in [5, 5.41) is 28.5. The zero-order valence-corrected chi connectivity index (χ0v) is 26.4. The summed E-state index contributed by atoms with van der Waals surface area (Å²) in [5.41, 5.74) is 1.91. The molecule has 0 saturated heterocycles. The van der Waals surface area contributed by atoms with Gasteiger partial charge in [0.2, 0.25) is 10.7 Å². The van der Waals surface area contributed by atoms with E-state index < -0.39 is 0 Å². The Labute approximate surface area is 260 Å². The maximum atomic E-state index is 9.14.